The number of carboxylic acid groups (broad SMARTS) is 1. The standard InChI is InChI=1S/C20H29NO5/c1-12(2)11-26-17-8-7-14(10-18(17)25-4)13(3)21-19(22)15-5-6-16(9-15)20(23)24/h7-8,10,12-13,15-16H,5-6,9,11H2,1-4H3,(H,21,22)(H,23,24)/t13?,15-,16+/m1/s1. The Hall–Kier alpha value is -2.24. The van der Waals surface area contributed by atoms with Crippen molar-refractivity contribution in [3.63, 3.8) is 0 Å². The van der Waals surface area contributed by atoms with Crippen LogP contribution in [0.15, 0.2) is 18.2 Å². The topological polar surface area (TPSA) is 84.9 Å². The van der Waals surface area contributed by atoms with E-state index in [0.29, 0.717) is 43.3 Å². The van der Waals surface area contributed by atoms with E-state index < -0.39 is 11.9 Å². The van der Waals surface area contributed by atoms with E-state index >= 15 is 0 Å². The molecule has 6 heteroatoms. The Bertz CT molecular complexity index is 643. The molecule has 3 atom stereocenters. The third-order valence-electron chi connectivity index (χ3n) is 4.77. The molecule has 1 saturated carbocycles. The van der Waals surface area contributed by atoms with E-state index in [-0.39, 0.29) is 17.9 Å². The van der Waals surface area contributed by atoms with Gasteiger partial charge in [0.2, 0.25) is 5.91 Å². The quantitative estimate of drug-likeness (QED) is 0.739. The van der Waals surface area contributed by atoms with Crippen molar-refractivity contribution >= 4 is 11.9 Å². The van der Waals surface area contributed by atoms with Gasteiger partial charge in [0.05, 0.1) is 25.7 Å². The Balaban J connectivity index is 1.99. The van der Waals surface area contributed by atoms with Crippen LogP contribution < -0.4 is 14.8 Å². The summed E-state index contributed by atoms with van der Waals surface area (Å²) in [6, 6.07) is 5.45. The number of methoxy groups -OCH3 is 1. The number of carbonyl (C=O) groups is 2. The normalized spacial score (nSPS) is 20.7. The zero-order valence-corrected chi connectivity index (χ0v) is 16.0. The van der Waals surface area contributed by atoms with E-state index in [9.17, 15) is 9.59 Å². The number of nitrogens with one attached hydrogen (secondary N) is 1. The van der Waals surface area contributed by atoms with E-state index in [0.717, 1.165) is 5.56 Å². The molecule has 1 aliphatic carbocycles. The van der Waals surface area contributed by atoms with Gasteiger partial charge in [-0.1, -0.05) is 19.9 Å². The highest BCUT2D eigenvalue weighted by molar-refractivity contribution is 5.81. The smallest absolute Gasteiger partial charge is 0.306 e. The molecule has 0 heterocycles. The van der Waals surface area contributed by atoms with Crippen LogP contribution in [0.25, 0.3) is 0 Å². The van der Waals surface area contributed by atoms with Crippen molar-refractivity contribution < 1.29 is 24.2 Å². The number of carbonyl (C=O) groups excluding carboxylic acids is 1. The number of carboxylic acids is 1. The molecule has 0 spiro atoms. The number of benzene rings is 1. The van der Waals surface area contributed by atoms with Crippen molar-refractivity contribution in [2.24, 2.45) is 17.8 Å². The van der Waals surface area contributed by atoms with Gasteiger partial charge in [-0.3, -0.25) is 9.59 Å². The predicted octanol–water partition coefficient (Wildman–Crippen LogP) is 3.41. The number of aliphatic carboxylic acids is 1. The Labute approximate surface area is 154 Å². The van der Waals surface area contributed by atoms with E-state index in [1.165, 1.54) is 0 Å². The molecule has 1 aromatic carbocycles. The maximum absolute atomic E-state index is 12.4. The van der Waals surface area contributed by atoms with E-state index in [1.54, 1.807) is 7.11 Å². The second-order valence-corrected chi connectivity index (χ2v) is 7.39. The van der Waals surface area contributed by atoms with Crippen LogP contribution >= 0.6 is 0 Å². The van der Waals surface area contributed by atoms with Gasteiger partial charge >= 0.3 is 5.97 Å². The van der Waals surface area contributed by atoms with E-state index in [1.807, 2.05) is 25.1 Å². The van der Waals surface area contributed by atoms with Crippen LogP contribution in [0.2, 0.25) is 0 Å². The molecule has 144 valence electrons. The van der Waals surface area contributed by atoms with Crippen LogP contribution in [0, 0.1) is 17.8 Å². The third-order valence-corrected chi connectivity index (χ3v) is 4.77. The summed E-state index contributed by atoms with van der Waals surface area (Å²) in [7, 11) is 1.59. The summed E-state index contributed by atoms with van der Waals surface area (Å²) in [4.78, 5) is 23.5. The van der Waals surface area contributed by atoms with Crippen LogP contribution in [0.5, 0.6) is 11.5 Å². The van der Waals surface area contributed by atoms with Crippen molar-refractivity contribution in [2.75, 3.05) is 13.7 Å². The van der Waals surface area contributed by atoms with E-state index in [2.05, 4.69) is 19.2 Å². The number of rotatable bonds is 8. The molecule has 0 saturated heterocycles. The first kappa shape index (κ1) is 20.1. The van der Waals surface area contributed by atoms with Gasteiger partial charge in [-0.15, -0.1) is 0 Å². The van der Waals surface area contributed by atoms with Crippen molar-refractivity contribution in [2.45, 2.75) is 46.1 Å². The first-order valence-electron chi connectivity index (χ1n) is 9.15. The summed E-state index contributed by atoms with van der Waals surface area (Å²) in [6.45, 7) is 6.67. The molecular weight excluding hydrogens is 334 g/mol. The highest BCUT2D eigenvalue weighted by Gasteiger charge is 2.34. The molecule has 1 aliphatic rings. The molecule has 0 aromatic heterocycles. The Kier molecular flexibility index (Phi) is 6.89. The zero-order chi connectivity index (χ0) is 19.3. The third kappa shape index (κ3) is 5.13. The lowest BCUT2D eigenvalue weighted by atomic mass is 10.0. The molecule has 1 unspecified atom stereocenters. The van der Waals surface area contributed by atoms with Crippen LogP contribution in [-0.4, -0.2) is 30.7 Å². The zero-order valence-electron chi connectivity index (χ0n) is 16.0. The predicted molar refractivity (Wildman–Crippen MR) is 98.4 cm³/mol. The van der Waals surface area contributed by atoms with Gasteiger partial charge < -0.3 is 19.9 Å². The summed E-state index contributed by atoms with van der Waals surface area (Å²) < 4.78 is 11.2. The average Bonchev–Trinajstić information content (AvgIpc) is 3.10. The first-order chi connectivity index (χ1) is 12.3. The van der Waals surface area contributed by atoms with Crippen molar-refractivity contribution in [3.05, 3.63) is 23.8 Å². The lowest BCUT2D eigenvalue weighted by Gasteiger charge is -2.19. The van der Waals surface area contributed by atoms with Gasteiger partial charge in [0, 0.05) is 5.92 Å². The fraction of sp³-hybridized carbons (Fsp3) is 0.600. The van der Waals surface area contributed by atoms with Crippen LogP contribution in [0.4, 0.5) is 0 Å². The SMILES string of the molecule is COc1cc(C(C)NC(=O)[C@@H]2CC[C@H](C(=O)O)C2)ccc1OCC(C)C. The molecule has 2 N–H and O–H groups in total. The summed E-state index contributed by atoms with van der Waals surface area (Å²) in [6.07, 6.45) is 1.61. The van der Waals surface area contributed by atoms with Gasteiger partial charge in [-0.2, -0.15) is 0 Å². The summed E-state index contributed by atoms with van der Waals surface area (Å²) in [5.74, 6) is 0.210. The Morgan fingerprint density at radius 1 is 1.19 bits per heavy atom. The van der Waals surface area contributed by atoms with Gasteiger partial charge in [0.1, 0.15) is 0 Å². The second-order valence-electron chi connectivity index (χ2n) is 7.39. The fourth-order valence-corrected chi connectivity index (χ4v) is 3.19. The molecule has 0 radical (unpaired) electrons. The minimum atomic E-state index is -0.810. The van der Waals surface area contributed by atoms with Gasteiger partial charge in [-0.05, 0) is 49.8 Å². The summed E-state index contributed by atoms with van der Waals surface area (Å²) in [5, 5.41) is 12.1. The minimum absolute atomic E-state index is 0.0830. The first-order valence-corrected chi connectivity index (χ1v) is 9.15. The lowest BCUT2D eigenvalue weighted by molar-refractivity contribution is -0.141. The molecule has 1 amide bonds. The van der Waals surface area contributed by atoms with Crippen LogP contribution in [-0.2, 0) is 9.59 Å². The van der Waals surface area contributed by atoms with Gasteiger partial charge in [0.15, 0.2) is 11.5 Å². The Morgan fingerprint density at radius 2 is 1.88 bits per heavy atom. The molecule has 0 bridgehead atoms. The number of ether oxygens (including phenoxy) is 2. The fourth-order valence-electron chi connectivity index (χ4n) is 3.19. The maximum atomic E-state index is 12.4. The van der Waals surface area contributed by atoms with Crippen molar-refractivity contribution in [1.82, 2.24) is 5.32 Å². The average molecular weight is 363 g/mol. The monoisotopic (exact) mass is 363 g/mol. The lowest BCUT2D eigenvalue weighted by Crippen LogP contribution is -2.32. The molecule has 1 aromatic rings. The second kappa shape index (κ2) is 8.92. The molecule has 2 rings (SSSR count). The van der Waals surface area contributed by atoms with Gasteiger partial charge in [-0.25, -0.2) is 0 Å². The molecule has 6 nitrogen and oxygen atoms in total. The Morgan fingerprint density at radius 3 is 2.46 bits per heavy atom. The van der Waals surface area contributed by atoms with Crippen LogP contribution in [0.3, 0.4) is 0 Å². The van der Waals surface area contributed by atoms with Crippen LogP contribution in [0.1, 0.15) is 51.6 Å². The highest BCUT2D eigenvalue weighted by Crippen LogP contribution is 2.33. The highest BCUT2D eigenvalue weighted by atomic mass is 16.5. The van der Waals surface area contributed by atoms with Crippen molar-refractivity contribution in [1.29, 1.82) is 0 Å². The summed E-state index contributed by atoms with van der Waals surface area (Å²) >= 11 is 0. The molecule has 0 aliphatic heterocycles. The summed E-state index contributed by atoms with van der Waals surface area (Å²) in [5.41, 5.74) is 0.917. The maximum Gasteiger partial charge on any atom is 0.306 e. The van der Waals surface area contributed by atoms with Crippen molar-refractivity contribution in [3.8, 4) is 11.5 Å². The van der Waals surface area contributed by atoms with Gasteiger partial charge in [0.25, 0.3) is 0 Å². The molecule has 1 fully saturated rings. The number of amides is 1. The molecule has 26 heavy (non-hydrogen) atoms. The minimum Gasteiger partial charge on any atom is -0.493 e. The number of hydrogen-bond donors (Lipinski definition) is 2. The number of hydrogen-bond acceptors (Lipinski definition) is 4. The largest absolute Gasteiger partial charge is 0.493 e. The van der Waals surface area contributed by atoms with E-state index in [4.69, 9.17) is 14.6 Å². The molecular formula is C20H29NO5.